The Morgan fingerprint density at radius 3 is 2.50 bits per heavy atom. The number of anilines is 1. The molecule has 3 aromatic rings. The van der Waals surface area contributed by atoms with Gasteiger partial charge in [0.15, 0.2) is 0 Å². The molecule has 0 radical (unpaired) electrons. The Kier molecular flexibility index (Phi) is 7.09. The van der Waals surface area contributed by atoms with Crippen LogP contribution in [0.15, 0.2) is 59.4 Å². The summed E-state index contributed by atoms with van der Waals surface area (Å²) in [5.74, 6) is 0.581. The summed E-state index contributed by atoms with van der Waals surface area (Å²) in [6, 6.07) is 11.8. The van der Waals surface area contributed by atoms with Gasteiger partial charge in [0, 0.05) is 36.6 Å². The fourth-order valence-corrected chi connectivity index (χ4v) is 2.73. The molecule has 9 nitrogen and oxygen atoms in total. The summed E-state index contributed by atoms with van der Waals surface area (Å²) in [5, 5.41) is 12.3. The first-order valence-corrected chi connectivity index (χ1v) is 9.66. The Labute approximate surface area is 174 Å². The van der Waals surface area contributed by atoms with Crippen molar-refractivity contribution in [2.24, 2.45) is 5.92 Å². The third kappa shape index (κ3) is 5.87. The van der Waals surface area contributed by atoms with Crippen molar-refractivity contribution in [3.8, 4) is 11.4 Å². The highest BCUT2D eigenvalue weighted by molar-refractivity contribution is 5.89. The summed E-state index contributed by atoms with van der Waals surface area (Å²) in [4.78, 5) is 32.6. The van der Waals surface area contributed by atoms with E-state index >= 15 is 0 Å². The molecule has 9 heteroatoms. The van der Waals surface area contributed by atoms with Crippen LogP contribution >= 0.6 is 0 Å². The van der Waals surface area contributed by atoms with Crippen molar-refractivity contribution in [3.05, 3.63) is 60.7 Å². The molecule has 156 valence electrons. The van der Waals surface area contributed by atoms with Crippen LogP contribution in [0.4, 0.5) is 10.5 Å². The fourth-order valence-electron chi connectivity index (χ4n) is 2.73. The molecule has 3 rings (SSSR count). The minimum Gasteiger partial charge on any atom is -0.344 e. The minimum atomic E-state index is -0.432. The van der Waals surface area contributed by atoms with Crippen molar-refractivity contribution in [3.63, 3.8) is 0 Å². The number of nitrogens with zero attached hydrogens (tertiary/aromatic N) is 3. The lowest BCUT2D eigenvalue weighted by Gasteiger charge is -2.18. The van der Waals surface area contributed by atoms with Crippen LogP contribution in [0.25, 0.3) is 11.4 Å². The van der Waals surface area contributed by atoms with E-state index in [0.29, 0.717) is 17.4 Å². The van der Waals surface area contributed by atoms with Crippen LogP contribution in [0.5, 0.6) is 0 Å². The maximum Gasteiger partial charge on any atom is 0.319 e. The molecule has 1 unspecified atom stereocenters. The van der Waals surface area contributed by atoms with E-state index in [1.807, 2.05) is 32.0 Å². The van der Waals surface area contributed by atoms with Crippen LogP contribution in [-0.4, -0.2) is 33.6 Å². The molecule has 0 spiro atoms. The average molecular weight is 408 g/mol. The van der Waals surface area contributed by atoms with E-state index in [1.54, 1.807) is 36.7 Å². The van der Waals surface area contributed by atoms with Crippen molar-refractivity contribution in [1.29, 1.82) is 0 Å². The number of benzene rings is 1. The van der Waals surface area contributed by atoms with Crippen LogP contribution in [0.2, 0.25) is 0 Å². The van der Waals surface area contributed by atoms with E-state index in [9.17, 15) is 9.59 Å². The molecule has 0 aliphatic heterocycles. The lowest BCUT2D eigenvalue weighted by molar-refractivity contribution is -0.122. The Hall–Kier alpha value is -3.75. The molecular weight excluding hydrogens is 384 g/mol. The van der Waals surface area contributed by atoms with Gasteiger partial charge in [-0.2, -0.15) is 4.98 Å². The Morgan fingerprint density at radius 2 is 1.80 bits per heavy atom. The van der Waals surface area contributed by atoms with E-state index in [1.165, 1.54) is 0 Å². The molecule has 0 aliphatic rings. The Balaban J connectivity index is 1.51. The third-order valence-electron chi connectivity index (χ3n) is 4.30. The number of hydrogen-bond acceptors (Lipinski definition) is 6. The zero-order valence-electron chi connectivity index (χ0n) is 16.8. The van der Waals surface area contributed by atoms with Crippen LogP contribution in [0, 0.1) is 5.92 Å². The van der Waals surface area contributed by atoms with E-state index in [0.717, 1.165) is 5.56 Å². The van der Waals surface area contributed by atoms with Crippen LogP contribution in [0.1, 0.15) is 32.2 Å². The van der Waals surface area contributed by atoms with Gasteiger partial charge in [-0.15, -0.1) is 0 Å². The summed E-state index contributed by atoms with van der Waals surface area (Å²) in [5.41, 5.74) is 1.46. The first-order valence-electron chi connectivity index (χ1n) is 9.66. The monoisotopic (exact) mass is 408 g/mol. The molecular formula is C21H24N6O3. The number of para-hydroxylation sites is 1. The molecule has 0 fully saturated rings. The highest BCUT2D eigenvalue weighted by Crippen LogP contribution is 2.23. The number of urea groups is 1. The maximum absolute atomic E-state index is 12.4. The Morgan fingerprint density at radius 1 is 1.07 bits per heavy atom. The van der Waals surface area contributed by atoms with Gasteiger partial charge in [-0.1, -0.05) is 37.2 Å². The van der Waals surface area contributed by atoms with Crippen molar-refractivity contribution in [2.45, 2.75) is 26.3 Å². The van der Waals surface area contributed by atoms with Crippen molar-refractivity contribution in [1.82, 2.24) is 25.8 Å². The molecule has 0 saturated heterocycles. The van der Waals surface area contributed by atoms with Gasteiger partial charge in [-0.25, -0.2) is 4.79 Å². The standard InChI is InChI=1S/C21H24N6O3/c1-14(2)18(20-26-19(27-30-20)15-8-11-22-12-9-15)25-17(28)10-13-23-21(29)24-16-6-4-3-5-7-16/h3-9,11-12,14,18H,10,13H2,1-2H3,(H,25,28)(H2,23,24,29). The van der Waals surface area contributed by atoms with Gasteiger partial charge in [0.2, 0.25) is 17.6 Å². The second-order valence-corrected chi connectivity index (χ2v) is 6.98. The highest BCUT2D eigenvalue weighted by Gasteiger charge is 2.24. The van der Waals surface area contributed by atoms with Gasteiger partial charge in [-0.05, 0) is 30.2 Å². The molecule has 2 heterocycles. The van der Waals surface area contributed by atoms with E-state index in [4.69, 9.17) is 4.52 Å². The van der Waals surface area contributed by atoms with Gasteiger partial charge in [0.25, 0.3) is 0 Å². The predicted molar refractivity (Wildman–Crippen MR) is 111 cm³/mol. The molecule has 0 aliphatic carbocycles. The quantitative estimate of drug-likeness (QED) is 0.526. The predicted octanol–water partition coefficient (Wildman–Crippen LogP) is 3.16. The molecule has 1 atom stereocenters. The number of hydrogen-bond donors (Lipinski definition) is 3. The highest BCUT2D eigenvalue weighted by atomic mass is 16.5. The van der Waals surface area contributed by atoms with Crippen LogP contribution < -0.4 is 16.0 Å². The molecule has 1 aromatic carbocycles. The number of nitrogens with one attached hydrogen (secondary N) is 3. The molecule has 2 aromatic heterocycles. The Bertz CT molecular complexity index is 959. The van der Waals surface area contributed by atoms with Crippen molar-refractivity contribution < 1.29 is 14.1 Å². The molecule has 0 bridgehead atoms. The van der Waals surface area contributed by atoms with Gasteiger partial charge in [-0.3, -0.25) is 9.78 Å². The van der Waals surface area contributed by atoms with E-state index in [2.05, 4.69) is 31.1 Å². The summed E-state index contributed by atoms with van der Waals surface area (Å²) in [7, 11) is 0. The largest absolute Gasteiger partial charge is 0.344 e. The van der Waals surface area contributed by atoms with Crippen molar-refractivity contribution >= 4 is 17.6 Å². The first-order chi connectivity index (χ1) is 14.5. The summed E-state index contributed by atoms with van der Waals surface area (Å²) in [6.45, 7) is 4.10. The lowest BCUT2D eigenvalue weighted by atomic mass is 10.0. The van der Waals surface area contributed by atoms with Gasteiger partial charge >= 0.3 is 6.03 Å². The number of pyridine rings is 1. The molecule has 30 heavy (non-hydrogen) atoms. The van der Waals surface area contributed by atoms with E-state index in [-0.39, 0.29) is 30.8 Å². The second-order valence-electron chi connectivity index (χ2n) is 6.98. The first kappa shape index (κ1) is 21.0. The zero-order chi connectivity index (χ0) is 21.3. The number of amides is 3. The number of carbonyl (C=O) groups is 2. The summed E-state index contributed by atoms with van der Waals surface area (Å²) in [6.07, 6.45) is 3.42. The number of rotatable bonds is 8. The normalized spacial score (nSPS) is 11.7. The minimum absolute atomic E-state index is 0.0361. The SMILES string of the molecule is CC(C)C(NC(=O)CCNC(=O)Nc1ccccc1)c1nc(-c2ccncc2)no1. The smallest absolute Gasteiger partial charge is 0.319 e. The average Bonchev–Trinajstić information content (AvgIpc) is 3.23. The van der Waals surface area contributed by atoms with Gasteiger partial charge in [0.1, 0.15) is 6.04 Å². The van der Waals surface area contributed by atoms with Crippen LogP contribution in [0.3, 0.4) is 0 Å². The van der Waals surface area contributed by atoms with E-state index < -0.39 is 6.04 Å². The molecule has 3 N–H and O–H groups in total. The lowest BCUT2D eigenvalue weighted by Crippen LogP contribution is -2.36. The van der Waals surface area contributed by atoms with Gasteiger partial charge < -0.3 is 20.5 Å². The zero-order valence-corrected chi connectivity index (χ0v) is 16.8. The molecule has 0 saturated carbocycles. The van der Waals surface area contributed by atoms with Crippen LogP contribution in [-0.2, 0) is 4.79 Å². The molecule has 3 amide bonds. The summed E-state index contributed by atoms with van der Waals surface area (Å²) < 4.78 is 5.38. The fraction of sp³-hybridized carbons (Fsp3) is 0.286. The maximum atomic E-state index is 12.4. The summed E-state index contributed by atoms with van der Waals surface area (Å²) >= 11 is 0. The van der Waals surface area contributed by atoms with Gasteiger partial charge in [0.05, 0.1) is 0 Å². The third-order valence-corrected chi connectivity index (χ3v) is 4.30. The topological polar surface area (TPSA) is 122 Å². The number of carbonyl (C=O) groups excluding carboxylic acids is 2. The second kappa shape index (κ2) is 10.1. The number of aromatic nitrogens is 3. The van der Waals surface area contributed by atoms with Crippen molar-refractivity contribution in [2.75, 3.05) is 11.9 Å².